The number of unbranched alkanes of at least 4 members (excludes halogenated alkanes) is 1. The second-order valence-electron chi connectivity index (χ2n) is 9.36. The minimum absolute atomic E-state index is 0.0419. The third-order valence-electron chi connectivity index (χ3n) is 6.09. The lowest BCUT2D eigenvalue weighted by Gasteiger charge is -2.14. The Labute approximate surface area is 245 Å². The van der Waals surface area contributed by atoms with Crippen LogP contribution in [-0.2, 0) is 17.5 Å². The molecule has 220 valence electrons. The summed E-state index contributed by atoms with van der Waals surface area (Å²) >= 11 is 1.02. The fourth-order valence-corrected chi connectivity index (χ4v) is 4.76. The summed E-state index contributed by atoms with van der Waals surface area (Å²) in [6.07, 6.45) is -2.63. The lowest BCUT2D eigenvalue weighted by molar-refractivity contribution is -0.137. The zero-order valence-corrected chi connectivity index (χ0v) is 23.9. The molecular formula is C30H30F3N5O3S. The Morgan fingerprint density at radius 1 is 1.00 bits per heavy atom. The maximum absolute atomic E-state index is 13.3. The highest BCUT2D eigenvalue weighted by atomic mass is 32.2. The van der Waals surface area contributed by atoms with E-state index in [0.717, 1.165) is 36.2 Å². The van der Waals surface area contributed by atoms with Crippen molar-refractivity contribution in [3.63, 3.8) is 0 Å². The van der Waals surface area contributed by atoms with Gasteiger partial charge in [-0.2, -0.15) is 13.2 Å². The highest BCUT2D eigenvalue weighted by Gasteiger charge is 2.33. The Morgan fingerprint density at radius 3 is 2.48 bits per heavy atom. The van der Waals surface area contributed by atoms with E-state index in [4.69, 9.17) is 4.74 Å². The summed E-state index contributed by atoms with van der Waals surface area (Å²) in [5, 5.41) is 14.0. The smallest absolute Gasteiger partial charge is 0.418 e. The van der Waals surface area contributed by atoms with Gasteiger partial charge in [0.2, 0.25) is 5.91 Å². The van der Waals surface area contributed by atoms with E-state index in [9.17, 15) is 22.8 Å². The number of rotatable bonds is 12. The number of hydrogen-bond donors (Lipinski definition) is 2. The van der Waals surface area contributed by atoms with Crippen LogP contribution in [-0.4, -0.2) is 38.9 Å². The number of nitrogens with zero attached hydrogens (tertiary/aromatic N) is 3. The van der Waals surface area contributed by atoms with Gasteiger partial charge in [0.15, 0.2) is 11.0 Å². The largest absolute Gasteiger partial charge is 0.494 e. The maximum atomic E-state index is 13.3. The number of carbonyl (C=O) groups excluding carboxylic acids is 2. The molecule has 3 aromatic carbocycles. The SMILES string of the molecule is CCCCOc1ccc(C(=O)NCc2nnc(SCC(=O)Nc3ccccc3C(F)(F)F)n2-c2cccc(C)c2)cc1. The molecule has 0 aliphatic carbocycles. The highest BCUT2D eigenvalue weighted by Crippen LogP contribution is 2.34. The monoisotopic (exact) mass is 597 g/mol. The number of benzene rings is 3. The second kappa shape index (κ2) is 14.0. The van der Waals surface area contributed by atoms with Crippen LogP contribution in [0.15, 0.2) is 78.0 Å². The van der Waals surface area contributed by atoms with Gasteiger partial charge in [-0.05, 0) is 67.4 Å². The van der Waals surface area contributed by atoms with Gasteiger partial charge in [0.1, 0.15) is 5.75 Å². The van der Waals surface area contributed by atoms with E-state index in [-0.39, 0.29) is 23.9 Å². The second-order valence-corrected chi connectivity index (χ2v) is 10.3. The number of anilines is 1. The normalized spacial score (nSPS) is 11.3. The van der Waals surface area contributed by atoms with Crippen LogP contribution in [0.4, 0.5) is 18.9 Å². The van der Waals surface area contributed by atoms with Crippen LogP contribution < -0.4 is 15.4 Å². The average Bonchev–Trinajstić information content (AvgIpc) is 3.38. The van der Waals surface area contributed by atoms with E-state index in [2.05, 4.69) is 27.8 Å². The maximum Gasteiger partial charge on any atom is 0.418 e. The molecular weight excluding hydrogens is 567 g/mol. The summed E-state index contributed by atoms with van der Waals surface area (Å²) in [6.45, 7) is 4.65. The predicted octanol–water partition coefficient (Wildman–Crippen LogP) is 6.43. The molecule has 0 saturated carbocycles. The van der Waals surface area contributed by atoms with Crippen LogP contribution in [0.5, 0.6) is 5.75 Å². The molecule has 42 heavy (non-hydrogen) atoms. The van der Waals surface area contributed by atoms with Gasteiger partial charge in [-0.3, -0.25) is 14.2 Å². The third kappa shape index (κ3) is 8.12. The van der Waals surface area contributed by atoms with Crippen molar-refractivity contribution in [1.29, 1.82) is 0 Å². The molecule has 0 spiro atoms. The quantitative estimate of drug-likeness (QED) is 0.144. The van der Waals surface area contributed by atoms with E-state index in [0.29, 0.717) is 34.6 Å². The molecule has 12 heteroatoms. The molecule has 1 aromatic heterocycles. The molecule has 0 radical (unpaired) electrons. The van der Waals surface area contributed by atoms with E-state index < -0.39 is 17.6 Å². The fraction of sp³-hybridized carbons (Fsp3) is 0.267. The van der Waals surface area contributed by atoms with E-state index in [1.807, 2.05) is 31.2 Å². The van der Waals surface area contributed by atoms with Crippen LogP contribution in [0.1, 0.15) is 47.1 Å². The molecule has 0 unspecified atom stereocenters. The van der Waals surface area contributed by atoms with E-state index in [1.165, 1.54) is 18.2 Å². The number of para-hydroxylation sites is 1. The molecule has 0 fully saturated rings. The predicted molar refractivity (Wildman–Crippen MR) is 155 cm³/mol. The van der Waals surface area contributed by atoms with Crippen LogP contribution in [0.3, 0.4) is 0 Å². The molecule has 0 aliphatic heterocycles. The van der Waals surface area contributed by atoms with Crippen molar-refractivity contribution in [2.45, 2.75) is 44.6 Å². The standard InChI is InChI=1S/C30H30F3N5O3S/c1-3-4-16-41-23-14-12-21(13-15-23)28(40)34-18-26-36-37-29(38(26)22-9-7-8-20(2)17-22)42-19-27(39)35-25-11-6-5-10-24(25)30(31,32)33/h5-15,17H,3-4,16,18-19H2,1-2H3,(H,34,40)(H,35,39). The molecule has 4 rings (SSSR count). The minimum Gasteiger partial charge on any atom is -0.494 e. The van der Waals surface area contributed by atoms with Crippen molar-refractivity contribution in [3.8, 4) is 11.4 Å². The summed E-state index contributed by atoms with van der Waals surface area (Å²) in [7, 11) is 0. The van der Waals surface area contributed by atoms with Crippen LogP contribution >= 0.6 is 11.8 Å². The molecule has 4 aromatic rings. The Kier molecular flexibility index (Phi) is 10.2. The summed E-state index contributed by atoms with van der Waals surface area (Å²) in [4.78, 5) is 25.5. The number of thioether (sulfide) groups is 1. The van der Waals surface area contributed by atoms with Crippen molar-refractivity contribution >= 4 is 29.3 Å². The molecule has 1 heterocycles. The molecule has 2 amide bonds. The number of alkyl halides is 3. The zero-order chi connectivity index (χ0) is 30.1. The van der Waals surface area contributed by atoms with E-state index in [1.54, 1.807) is 28.8 Å². The average molecular weight is 598 g/mol. The van der Waals surface area contributed by atoms with Gasteiger partial charge >= 0.3 is 6.18 Å². The molecule has 8 nitrogen and oxygen atoms in total. The number of ether oxygens (including phenoxy) is 1. The minimum atomic E-state index is -4.61. The molecule has 0 saturated heterocycles. The summed E-state index contributed by atoms with van der Waals surface area (Å²) in [5.41, 5.74) is 0.880. The zero-order valence-electron chi connectivity index (χ0n) is 23.1. The van der Waals surface area contributed by atoms with Crippen LogP contribution in [0.25, 0.3) is 5.69 Å². The summed E-state index contributed by atoms with van der Waals surface area (Å²) < 4.78 is 47.3. The Bertz CT molecular complexity index is 1520. The first-order valence-electron chi connectivity index (χ1n) is 13.3. The van der Waals surface area contributed by atoms with Crippen molar-refractivity contribution in [3.05, 3.63) is 95.3 Å². The Balaban J connectivity index is 1.46. The van der Waals surface area contributed by atoms with Gasteiger partial charge in [-0.1, -0.05) is 49.4 Å². The topological polar surface area (TPSA) is 98.1 Å². The van der Waals surface area contributed by atoms with Gasteiger partial charge in [-0.15, -0.1) is 10.2 Å². The number of aromatic nitrogens is 3. The molecule has 0 aliphatic rings. The van der Waals surface area contributed by atoms with E-state index >= 15 is 0 Å². The van der Waals surface area contributed by atoms with Gasteiger partial charge in [0.25, 0.3) is 5.91 Å². The number of carbonyl (C=O) groups is 2. The van der Waals surface area contributed by atoms with Crippen molar-refractivity contribution in [2.75, 3.05) is 17.7 Å². The molecule has 0 bridgehead atoms. The molecule has 0 atom stereocenters. The lowest BCUT2D eigenvalue weighted by Crippen LogP contribution is -2.24. The van der Waals surface area contributed by atoms with Crippen LogP contribution in [0.2, 0.25) is 0 Å². The van der Waals surface area contributed by atoms with Gasteiger partial charge in [-0.25, -0.2) is 0 Å². The number of nitrogens with one attached hydrogen (secondary N) is 2. The van der Waals surface area contributed by atoms with Gasteiger partial charge in [0, 0.05) is 11.3 Å². The van der Waals surface area contributed by atoms with Gasteiger partial charge in [0.05, 0.1) is 30.2 Å². The number of aryl methyl sites for hydroxylation is 1. The lowest BCUT2D eigenvalue weighted by atomic mass is 10.1. The van der Waals surface area contributed by atoms with Crippen molar-refractivity contribution in [1.82, 2.24) is 20.1 Å². The van der Waals surface area contributed by atoms with Crippen LogP contribution in [0, 0.1) is 6.92 Å². The third-order valence-corrected chi connectivity index (χ3v) is 7.02. The van der Waals surface area contributed by atoms with Crippen molar-refractivity contribution in [2.24, 2.45) is 0 Å². The van der Waals surface area contributed by atoms with Gasteiger partial charge < -0.3 is 15.4 Å². The Morgan fingerprint density at radius 2 is 1.76 bits per heavy atom. The first-order valence-corrected chi connectivity index (χ1v) is 14.3. The van der Waals surface area contributed by atoms with Crippen molar-refractivity contribution < 1.29 is 27.5 Å². The summed E-state index contributed by atoms with van der Waals surface area (Å²) in [6, 6.07) is 19.1. The fourth-order valence-electron chi connectivity index (χ4n) is 3.99. The highest BCUT2D eigenvalue weighted by molar-refractivity contribution is 7.99. The Hall–Kier alpha value is -4.32. The number of hydrogen-bond acceptors (Lipinski definition) is 6. The molecule has 2 N–H and O–H groups in total. The first-order chi connectivity index (χ1) is 20.2. The number of halogens is 3. The summed E-state index contributed by atoms with van der Waals surface area (Å²) in [5.74, 6) is -0.0568. The number of amides is 2. The first kappa shape index (κ1) is 30.6.